The molecular weight excluding hydrogens is 232 g/mol. The lowest BCUT2D eigenvalue weighted by atomic mass is 10.1. The molecule has 0 aromatic rings. The molecule has 0 aromatic heterocycles. The Morgan fingerprint density at radius 2 is 1.81 bits per heavy atom. The van der Waals surface area contributed by atoms with Crippen molar-refractivity contribution in [3.05, 3.63) is 4.78 Å². The summed E-state index contributed by atoms with van der Waals surface area (Å²) in [6.45, 7) is 5.41. The Labute approximate surface area is 95.7 Å². The lowest BCUT2D eigenvalue weighted by Crippen LogP contribution is -2.28. The zero-order chi connectivity index (χ0) is 13.0. The number of nitriles is 1. The molecule has 16 heavy (non-hydrogen) atoms. The maximum Gasteiger partial charge on any atom is 0.327 e. The Balaban J connectivity index is 0.000000487. The average molecular weight is 245 g/mol. The molecule has 0 atom stereocenters. The van der Waals surface area contributed by atoms with E-state index in [-0.39, 0.29) is 5.97 Å². The van der Waals surface area contributed by atoms with Gasteiger partial charge in [0.05, 0.1) is 6.07 Å². The molecule has 1 aliphatic carbocycles. The lowest BCUT2D eigenvalue weighted by molar-refractivity contribution is -0.159. The van der Waals surface area contributed by atoms with Crippen molar-refractivity contribution >= 4 is 16.5 Å². The van der Waals surface area contributed by atoms with Crippen molar-refractivity contribution in [2.24, 2.45) is 5.41 Å². The molecule has 90 valence electrons. The number of nitrogens with zero attached hydrogens (tertiary/aromatic N) is 2. The minimum Gasteiger partial charge on any atom is -0.686 e. The fraction of sp³-hybridized carbons (Fsp3) is 0.778. The van der Waals surface area contributed by atoms with Gasteiger partial charge >= 0.3 is 5.97 Å². The number of hydrogen-bond acceptors (Lipinski definition) is 5. The number of esters is 1. The summed E-state index contributed by atoms with van der Waals surface area (Å²) in [5.41, 5.74) is -1.28. The van der Waals surface area contributed by atoms with Gasteiger partial charge < -0.3 is 9.52 Å². The zero-order valence-electron chi connectivity index (χ0n) is 9.35. The van der Waals surface area contributed by atoms with Crippen molar-refractivity contribution in [2.75, 3.05) is 0 Å². The SMILES string of the molecule is CC(C)(C)OC(=O)C1(C#N)CC1.[N-]=S(=O)=O. The topological polar surface area (TPSA) is 107 Å². The molecule has 1 saturated carbocycles. The highest BCUT2D eigenvalue weighted by molar-refractivity contribution is 7.63. The maximum absolute atomic E-state index is 11.3. The summed E-state index contributed by atoms with van der Waals surface area (Å²) in [7, 11) is -2.86. The molecule has 0 amide bonds. The molecule has 0 spiro atoms. The first-order valence-electron chi connectivity index (χ1n) is 4.56. The van der Waals surface area contributed by atoms with E-state index in [1.54, 1.807) is 20.8 Å². The summed E-state index contributed by atoms with van der Waals surface area (Å²) in [6.07, 6.45) is 1.30. The van der Waals surface area contributed by atoms with Gasteiger partial charge in [-0.3, -0.25) is 4.79 Å². The number of rotatable bonds is 1. The molecule has 0 unspecified atom stereocenters. The molecule has 0 heterocycles. The van der Waals surface area contributed by atoms with Crippen LogP contribution in [0.5, 0.6) is 0 Å². The van der Waals surface area contributed by atoms with E-state index in [0.717, 1.165) is 0 Å². The van der Waals surface area contributed by atoms with Crippen LogP contribution in [0.15, 0.2) is 0 Å². The molecule has 0 radical (unpaired) electrons. The smallest absolute Gasteiger partial charge is 0.327 e. The van der Waals surface area contributed by atoms with Crippen LogP contribution in [0.2, 0.25) is 0 Å². The van der Waals surface area contributed by atoms with E-state index in [1.165, 1.54) is 0 Å². The fourth-order valence-corrected chi connectivity index (χ4v) is 0.862. The molecule has 0 aromatic carbocycles. The minimum absolute atomic E-state index is 0.363. The zero-order valence-corrected chi connectivity index (χ0v) is 10.2. The van der Waals surface area contributed by atoms with Gasteiger partial charge in [0.2, 0.25) is 0 Å². The van der Waals surface area contributed by atoms with Crippen molar-refractivity contribution < 1.29 is 17.9 Å². The first kappa shape index (κ1) is 14.6. The predicted octanol–water partition coefficient (Wildman–Crippen LogP) is 1.25. The molecule has 6 nitrogen and oxygen atoms in total. The van der Waals surface area contributed by atoms with Gasteiger partial charge in [-0.1, -0.05) is 0 Å². The van der Waals surface area contributed by atoms with E-state index >= 15 is 0 Å². The van der Waals surface area contributed by atoms with E-state index in [9.17, 15) is 4.79 Å². The highest BCUT2D eigenvalue weighted by Crippen LogP contribution is 2.46. The van der Waals surface area contributed by atoms with Crippen LogP contribution < -0.4 is 0 Å². The largest absolute Gasteiger partial charge is 0.686 e. The van der Waals surface area contributed by atoms with Crippen LogP contribution in [0.3, 0.4) is 0 Å². The summed E-state index contributed by atoms with van der Waals surface area (Å²) in [5.74, 6) is -0.363. The van der Waals surface area contributed by atoms with Crippen LogP contribution in [0.25, 0.3) is 4.78 Å². The maximum atomic E-state index is 11.3. The monoisotopic (exact) mass is 245 g/mol. The molecule has 0 bridgehead atoms. The van der Waals surface area contributed by atoms with Crippen molar-refractivity contribution in [3.8, 4) is 6.07 Å². The second-order valence-electron chi connectivity index (χ2n) is 4.41. The highest BCUT2D eigenvalue weighted by atomic mass is 32.2. The third-order valence-corrected chi connectivity index (χ3v) is 1.75. The molecule has 0 saturated heterocycles. The Hall–Kier alpha value is -1.42. The molecule has 1 fully saturated rings. The molecule has 1 rings (SSSR count). The highest BCUT2D eigenvalue weighted by Gasteiger charge is 2.53. The van der Waals surface area contributed by atoms with Gasteiger partial charge in [0.25, 0.3) is 0 Å². The van der Waals surface area contributed by atoms with Crippen molar-refractivity contribution in [1.29, 1.82) is 5.26 Å². The Morgan fingerprint density at radius 3 is 2.00 bits per heavy atom. The average Bonchev–Trinajstić information content (AvgIpc) is 2.79. The Morgan fingerprint density at radius 1 is 1.44 bits per heavy atom. The van der Waals surface area contributed by atoms with E-state index in [1.807, 2.05) is 6.07 Å². The second-order valence-corrected chi connectivity index (χ2v) is 4.85. The number of ether oxygens (including phenoxy) is 1. The third-order valence-electron chi connectivity index (χ3n) is 1.75. The predicted molar refractivity (Wildman–Crippen MR) is 55.4 cm³/mol. The van der Waals surface area contributed by atoms with Gasteiger partial charge in [-0.2, -0.15) is 5.26 Å². The van der Waals surface area contributed by atoms with E-state index in [2.05, 4.69) is 0 Å². The first-order valence-corrected chi connectivity index (χ1v) is 5.59. The first-order chi connectivity index (χ1) is 7.13. The fourth-order valence-electron chi connectivity index (χ4n) is 0.862. The van der Waals surface area contributed by atoms with Crippen LogP contribution in [-0.2, 0) is 20.0 Å². The minimum atomic E-state index is -2.86. The molecule has 1 aliphatic rings. The van der Waals surface area contributed by atoms with Crippen molar-refractivity contribution in [2.45, 2.75) is 39.2 Å². The van der Waals surface area contributed by atoms with E-state index in [4.69, 9.17) is 23.2 Å². The van der Waals surface area contributed by atoms with Crippen LogP contribution >= 0.6 is 0 Å². The summed E-state index contributed by atoms with van der Waals surface area (Å²) in [4.78, 5) is 11.3. The third kappa shape index (κ3) is 5.46. The Bertz CT molecular complexity index is 402. The van der Waals surface area contributed by atoms with Gasteiger partial charge in [-0.15, -0.1) is 0 Å². The summed E-state index contributed by atoms with van der Waals surface area (Å²) in [6, 6.07) is 2.00. The standard InChI is InChI=1S/C9H13NO2.NO2S/c1-8(2,3)12-7(11)9(6-10)4-5-9;1-4(2)3/h4-5H2,1-3H3;/q;-1. The van der Waals surface area contributed by atoms with Crippen LogP contribution in [0.1, 0.15) is 33.6 Å². The summed E-state index contributed by atoms with van der Waals surface area (Å²) >= 11 is 0. The molecular formula is C9H13N2O4S-. The van der Waals surface area contributed by atoms with Gasteiger partial charge in [0.15, 0.2) is 5.41 Å². The normalized spacial score (nSPS) is 16.1. The Kier molecular flexibility index (Phi) is 4.62. The second kappa shape index (κ2) is 5.07. The van der Waals surface area contributed by atoms with Gasteiger partial charge in [0.1, 0.15) is 16.1 Å². The van der Waals surface area contributed by atoms with Crippen molar-refractivity contribution in [1.82, 2.24) is 0 Å². The molecule has 0 N–H and O–H groups in total. The molecule has 0 aliphatic heterocycles. The molecule has 7 heteroatoms. The van der Waals surface area contributed by atoms with Gasteiger partial charge in [-0.05, 0) is 33.6 Å². The van der Waals surface area contributed by atoms with Gasteiger partial charge in [-0.25, -0.2) is 8.42 Å². The summed E-state index contributed by atoms with van der Waals surface area (Å²) in [5, 5.41) is 8.67. The van der Waals surface area contributed by atoms with E-state index < -0.39 is 21.5 Å². The van der Waals surface area contributed by atoms with Crippen LogP contribution in [0, 0.1) is 16.7 Å². The number of carbonyl (C=O) groups excluding carboxylic acids is 1. The van der Waals surface area contributed by atoms with E-state index in [0.29, 0.717) is 12.8 Å². The van der Waals surface area contributed by atoms with Crippen LogP contribution in [-0.4, -0.2) is 20.0 Å². The number of carbonyl (C=O) groups is 1. The quantitative estimate of drug-likeness (QED) is 0.646. The summed E-state index contributed by atoms with van der Waals surface area (Å²) < 4.78 is 29.2. The van der Waals surface area contributed by atoms with Crippen molar-refractivity contribution in [3.63, 3.8) is 0 Å². The van der Waals surface area contributed by atoms with Crippen LogP contribution in [0.4, 0.5) is 0 Å². The lowest BCUT2D eigenvalue weighted by Gasteiger charge is -2.20. The van der Waals surface area contributed by atoms with Gasteiger partial charge in [0, 0.05) is 0 Å². The number of hydrogen-bond donors (Lipinski definition) is 0.